The molecule has 4 aromatic rings. The van der Waals surface area contributed by atoms with Crippen LogP contribution in [0.15, 0.2) is 35.1 Å². The third kappa shape index (κ3) is 4.63. The van der Waals surface area contributed by atoms with Crippen molar-refractivity contribution in [1.29, 1.82) is 0 Å². The molecule has 1 aromatic carbocycles. The number of aromatic nitrogens is 4. The van der Waals surface area contributed by atoms with E-state index in [0.29, 0.717) is 0 Å². The van der Waals surface area contributed by atoms with E-state index in [0.717, 1.165) is 16.7 Å². The molecule has 2 N–H and O–H groups in total. The Balaban J connectivity index is 1.68. The Morgan fingerprint density at radius 1 is 1.03 bits per heavy atom. The van der Waals surface area contributed by atoms with Gasteiger partial charge in [0.15, 0.2) is 12.0 Å². The van der Waals surface area contributed by atoms with Crippen LogP contribution in [0, 0.1) is 0 Å². The average Bonchev–Trinajstić information content (AvgIpc) is 3.34. The lowest BCUT2D eigenvalue weighted by atomic mass is 10.2. The molecule has 0 saturated carbocycles. The number of nitrogens with zero attached hydrogens (tertiary/aromatic N) is 4. The van der Waals surface area contributed by atoms with Gasteiger partial charge in [-0.3, -0.25) is 0 Å². The Morgan fingerprint density at radius 2 is 1.78 bits per heavy atom. The lowest BCUT2D eigenvalue weighted by Crippen LogP contribution is -2.06. The summed E-state index contributed by atoms with van der Waals surface area (Å²) >= 11 is 18.3. The van der Waals surface area contributed by atoms with Gasteiger partial charge in [0.2, 0.25) is 14.2 Å². The molecule has 168 valence electrons. The van der Waals surface area contributed by atoms with Crippen LogP contribution in [0.4, 0.5) is 13.2 Å². The zero-order chi connectivity index (χ0) is 23.2. The van der Waals surface area contributed by atoms with Crippen LogP contribution in [0.25, 0.3) is 28.6 Å². The van der Waals surface area contributed by atoms with Crippen LogP contribution in [-0.4, -0.2) is 35.7 Å². The first-order valence-corrected chi connectivity index (χ1v) is 11.0. The maximum absolute atomic E-state index is 13.0. The first-order valence-electron chi connectivity index (χ1n) is 8.40. The molecule has 0 aliphatic carbocycles. The van der Waals surface area contributed by atoms with Crippen molar-refractivity contribution in [3.8, 4) is 28.7 Å². The minimum atomic E-state index is -4.58. The van der Waals surface area contributed by atoms with Gasteiger partial charge in [-0.05, 0) is 12.1 Å². The minimum absolute atomic E-state index is 0.0316. The second kappa shape index (κ2) is 8.66. The summed E-state index contributed by atoms with van der Waals surface area (Å²) in [5, 5.41) is 3.84. The van der Waals surface area contributed by atoms with Gasteiger partial charge in [-0.1, -0.05) is 40.0 Å². The molecule has 0 unspecified atom stereocenters. The van der Waals surface area contributed by atoms with Crippen molar-refractivity contribution in [3.05, 3.63) is 51.2 Å². The van der Waals surface area contributed by atoms with E-state index >= 15 is 0 Å². The molecule has 4 rings (SSSR count). The molecular weight excluding hydrogens is 519 g/mol. The standard InChI is InChI=1S/C17H9Cl3F3N4O4P/c18-9-3-13(30-6-32(28)29)10(19)2-8(9)14-25-16(31-26-14)12-5-27-4-7(17(21,22)23)1-11(20)15(27)24-12/h1-5,28-29H,6H2. The molecule has 0 amide bonds. The minimum Gasteiger partial charge on any atom is -0.483 e. The number of ether oxygens (including phenoxy) is 1. The van der Waals surface area contributed by atoms with Crippen LogP contribution in [0.3, 0.4) is 0 Å². The molecule has 15 heteroatoms. The number of pyridine rings is 1. The van der Waals surface area contributed by atoms with Gasteiger partial charge < -0.3 is 23.4 Å². The highest BCUT2D eigenvalue weighted by atomic mass is 35.5. The fourth-order valence-electron chi connectivity index (χ4n) is 2.69. The Bertz CT molecular complexity index is 1310. The Morgan fingerprint density at radius 3 is 2.47 bits per heavy atom. The van der Waals surface area contributed by atoms with Crippen LogP contribution >= 0.6 is 43.2 Å². The summed E-state index contributed by atoms with van der Waals surface area (Å²) in [6.07, 6.45) is -2.83. The number of benzene rings is 1. The van der Waals surface area contributed by atoms with Crippen molar-refractivity contribution in [2.24, 2.45) is 0 Å². The van der Waals surface area contributed by atoms with Gasteiger partial charge in [0, 0.05) is 24.0 Å². The van der Waals surface area contributed by atoms with E-state index in [2.05, 4.69) is 15.1 Å². The second-order valence-electron chi connectivity index (χ2n) is 6.26. The van der Waals surface area contributed by atoms with Crippen LogP contribution < -0.4 is 4.74 Å². The van der Waals surface area contributed by atoms with E-state index < -0.39 is 20.1 Å². The van der Waals surface area contributed by atoms with Crippen molar-refractivity contribution in [1.82, 2.24) is 19.5 Å². The SMILES string of the molecule is OP(O)COc1cc(Cl)c(-c2noc(-c3cn4cc(C(F)(F)F)cc(Cl)c4n3)n2)cc1Cl. The van der Waals surface area contributed by atoms with Crippen LogP contribution in [-0.2, 0) is 6.18 Å². The topological polar surface area (TPSA) is 106 Å². The highest BCUT2D eigenvalue weighted by Gasteiger charge is 2.32. The molecule has 0 aliphatic heterocycles. The van der Waals surface area contributed by atoms with Crippen molar-refractivity contribution in [3.63, 3.8) is 0 Å². The molecule has 0 saturated heterocycles. The fourth-order valence-corrected chi connectivity index (χ4v) is 3.66. The van der Waals surface area contributed by atoms with Gasteiger partial charge in [0.05, 0.1) is 20.6 Å². The van der Waals surface area contributed by atoms with Gasteiger partial charge in [-0.2, -0.15) is 18.2 Å². The van der Waals surface area contributed by atoms with E-state index in [1.807, 2.05) is 0 Å². The molecule has 0 atom stereocenters. The Kier molecular flexibility index (Phi) is 6.23. The highest BCUT2D eigenvalue weighted by Crippen LogP contribution is 2.38. The van der Waals surface area contributed by atoms with E-state index in [1.54, 1.807) is 0 Å². The molecule has 3 aromatic heterocycles. The molecule has 0 radical (unpaired) electrons. The number of imidazole rings is 1. The molecule has 0 aliphatic rings. The predicted octanol–water partition coefficient (Wildman–Crippen LogP) is 5.66. The summed E-state index contributed by atoms with van der Waals surface area (Å²) in [5.74, 6) is 0.0615. The molecule has 0 fully saturated rings. The second-order valence-corrected chi connectivity index (χ2v) is 8.49. The quantitative estimate of drug-likeness (QED) is 0.323. The van der Waals surface area contributed by atoms with Crippen molar-refractivity contribution < 1.29 is 32.2 Å². The van der Waals surface area contributed by atoms with Gasteiger partial charge in [-0.15, -0.1) is 0 Å². The molecule has 3 heterocycles. The lowest BCUT2D eigenvalue weighted by molar-refractivity contribution is -0.137. The lowest BCUT2D eigenvalue weighted by Gasteiger charge is -2.10. The molecule has 0 bridgehead atoms. The Labute approximate surface area is 193 Å². The van der Waals surface area contributed by atoms with Gasteiger partial charge in [0.25, 0.3) is 5.89 Å². The molecule has 8 nitrogen and oxygen atoms in total. The summed E-state index contributed by atoms with van der Waals surface area (Å²) in [5.41, 5.74) is -0.504. The van der Waals surface area contributed by atoms with Gasteiger partial charge in [-0.25, -0.2) is 4.98 Å². The third-order valence-electron chi connectivity index (χ3n) is 4.08. The number of fused-ring (bicyclic) bond motifs is 1. The van der Waals surface area contributed by atoms with E-state index in [1.165, 1.54) is 18.3 Å². The number of halogens is 6. The van der Waals surface area contributed by atoms with Crippen molar-refractivity contribution >= 4 is 48.8 Å². The predicted molar refractivity (Wildman–Crippen MR) is 111 cm³/mol. The Hall–Kier alpha value is -2.14. The van der Waals surface area contributed by atoms with E-state index in [-0.39, 0.29) is 55.8 Å². The van der Waals surface area contributed by atoms with Crippen LogP contribution in [0.2, 0.25) is 15.1 Å². The zero-order valence-electron chi connectivity index (χ0n) is 15.3. The largest absolute Gasteiger partial charge is 0.483 e. The smallest absolute Gasteiger partial charge is 0.417 e. The maximum Gasteiger partial charge on any atom is 0.417 e. The first kappa shape index (κ1) is 23.0. The van der Waals surface area contributed by atoms with Crippen LogP contribution in [0.5, 0.6) is 5.75 Å². The average molecular weight is 528 g/mol. The molecular formula is C17H9Cl3F3N4O4P. The number of alkyl halides is 3. The van der Waals surface area contributed by atoms with Crippen LogP contribution in [0.1, 0.15) is 5.56 Å². The third-order valence-corrected chi connectivity index (χ3v) is 5.32. The maximum atomic E-state index is 13.0. The van der Waals surface area contributed by atoms with Gasteiger partial charge in [0.1, 0.15) is 11.4 Å². The first-order chi connectivity index (χ1) is 15.0. The van der Waals surface area contributed by atoms with E-state index in [9.17, 15) is 13.2 Å². The number of hydrogen-bond donors (Lipinski definition) is 2. The monoisotopic (exact) mass is 526 g/mol. The highest BCUT2D eigenvalue weighted by molar-refractivity contribution is 7.44. The normalized spacial score (nSPS) is 12.2. The summed E-state index contributed by atoms with van der Waals surface area (Å²) in [7, 11) is -2.28. The van der Waals surface area contributed by atoms with Crippen molar-refractivity contribution in [2.75, 3.05) is 6.35 Å². The molecule has 32 heavy (non-hydrogen) atoms. The summed E-state index contributed by atoms with van der Waals surface area (Å²) in [6, 6.07) is 3.51. The summed E-state index contributed by atoms with van der Waals surface area (Å²) in [6.45, 7) is 0. The van der Waals surface area contributed by atoms with E-state index in [4.69, 9.17) is 53.8 Å². The summed E-state index contributed by atoms with van der Waals surface area (Å²) < 4.78 is 50.5. The summed E-state index contributed by atoms with van der Waals surface area (Å²) in [4.78, 5) is 26.2. The fraction of sp³-hybridized carbons (Fsp3) is 0.118. The van der Waals surface area contributed by atoms with Gasteiger partial charge >= 0.3 is 6.18 Å². The number of rotatable bonds is 5. The number of hydrogen-bond acceptors (Lipinski definition) is 7. The van der Waals surface area contributed by atoms with Crippen molar-refractivity contribution in [2.45, 2.75) is 6.18 Å². The molecule has 0 spiro atoms. The zero-order valence-corrected chi connectivity index (χ0v) is 18.5.